The van der Waals surface area contributed by atoms with Gasteiger partial charge in [-0.05, 0) is 48.9 Å². The second kappa shape index (κ2) is 9.23. The van der Waals surface area contributed by atoms with Crippen LogP contribution in [0.2, 0.25) is 0 Å². The number of carbonyl (C=O) groups excluding carboxylic acids is 1. The van der Waals surface area contributed by atoms with Crippen LogP contribution in [0.1, 0.15) is 31.1 Å². The van der Waals surface area contributed by atoms with E-state index in [2.05, 4.69) is 5.32 Å². The fourth-order valence-corrected chi connectivity index (χ4v) is 7.05. The van der Waals surface area contributed by atoms with Gasteiger partial charge in [0, 0.05) is 30.4 Å². The van der Waals surface area contributed by atoms with Crippen molar-refractivity contribution >= 4 is 48.8 Å². The average molecular weight is 480 g/mol. The largest absolute Gasteiger partial charge is 0.351 e. The Kier molecular flexibility index (Phi) is 6.61. The van der Waals surface area contributed by atoms with E-state index < -0.39 is 10.0 Å². The van der Waals surface area contributed by atoms with Gasteiger partial charge in [0.15, 0.2) is 0 Å². The molecular formula is C21H25N3O4S3. The van der Waals surface area contributed by atoms with Crippen LogP contribution >= 0.6 is 22.7 Å². The zero-order valence-electron chi connectivity index (χ0n) is 17.2. The number of piperidine rings is 1. The van der Waals surface area contributed by atoms with Crippen LogP contribution in [0, 0.1) is 5.92 Å². The fraction of sp³-hybridized carbons (Fsp3) is 0.429. The second-order valence-electron chi connectivity index (χ2n) is 7.62. The summed E-state index contributed by atoms with van der Waals surface area (Å²) in [6, 6.07) is 8.83. The topological polar surface area (TPSA) is 88.5 Å². The molecule has 10 heteroatoms. The standard InChI is InChI=1S/C21H25N3O4S3/c1-2-9-24-18-6-5-17(13-19(18)30-21(24)26)31(27,28)23-10-7-15(8-11-23)20(25)22-14-16-4-3-12-29-16/h3-6,12-13,15H,2,7-11,14H2,1H3,(H,22,25). The Morgan fingerprint density at radius 2 is 2.00 bits per heavy atom. The van der Waals surface area contributed by atoms with Crippen LogP contribution in [-0.4, -0.2) is 36.3 Å². The van der Waals surface area contributed by atoms with Gasteiger partial charge in [-0.15, -0.1) is 11.3 Å². The SMILES string of the molecule is CCCn1c(=O)sc2cc(S(=O)(=O)N3CCC(C(=O)NCc4cccs4)CC3)ccc21. The highest BCUT2D eigenvalue weighted by Gasteiger charge is 2.32. The molecule has 3 heterocycles. The molecule has 0 bridgehead atoms. The van der Waals surface area contributed by atoms with E-state index in [1.54, 1.807) is 34.1 Å². The number of nitrogens with zero attached hydrogens (tertiary/aromatic N) is 2. The van der Waals surface area contributed by atoms with E-state index in [0.29, 0.717) is 43.7 Å². The third-order valence-corrected chi connectivity index (χ3v) is 9.28. The van der Waals surface area contributed by atoms with Gasteiger partial charge < -0.3 is 5.32 Å². The quantitative estimate of drug-likeness (QED) is 0.563. The Balaban J connectivity index is 1.43. The number of aromatic nitrogens is 1. The van der Waals surface area contributed by atoms with Crippen LogP contribution in [0.5, 0.6) is 0 Å². The summed E-state index contributed by atoms with van der Waals surface area (Å²) in [5.41, 5.74) is 0.775. The Bertz CT molecular complexity index is 1220. The minimum Gasteiger partial charge on any atom is -0.351 e. The highest BCUT2D eigenvalue weighted by atomic mass is 32.2. The summed E-state index contributed by atoms with van der Waals surface area (Å²) in [4.78, 5) is 25.9. The van der Waals surface area contributed by atoms with E-state index in [-0.39, 0.29) is 21.6 Å². The average Bonchev–Trinajstić information content (AvgIpc) is 3.40. The molecule has 1 aromatic carbocycles. The summed E-state index contributed by atoms with van der Waals surface area (Å²) in [7, 11) is -3.67. The number of amides is 1. The zero-order valence-corrected chi connectivity index (χ0v) is 19.7. The summed E-state index contributed by atoms with van der Waals surface area (Å²) in [6.45, 7) is 3.75. The number of rotatable bonds is 7. The number of nitrogens with one attached hydrogen (secondary N) is 1. The van der Waals surface area contributed by atoms with Crippen LogP contribution in [0.15, 0.2) is 45.4 Å². The third kappa shape index (κ3) is 4.62. The van der Waals surface area contributed by atoms with E-state index in [4.69, 9.17) is 0 Å². The van der Waals surface area contributed by atoms with Crippen molar-refractivity contribution in [2.24, 2.45) is 5.92 Å². The molecule has 1 aliphatic heterocycles. The maximum absolute atomic E-state index is 13.2. The normalized spacial score (nSPS) is 16.0. The van der Waals surface area contributed by atoms with Gasteiger partial charge in [0.25, 0.3) is 0 Å². The first-order chi connectivity index (χ1) is 14.9. The number of hydrogen-bond donors (Lipinski definition) is 1. The molecule has 31 heavy (non-hydrogen) atoms. The van der Waals surface area contributed by atoms with Crippen molar-refractivity contribution < 1.29 is 13.2 Å². The first-order valence-corrected chi connectivity index (χ1v) is 13.5. The molecule has 0 unspecified atom stereocenters. The first kappa shape index (κ1) is 22.2. The molecular weight excluding hydrogens is 454 g/mol. The molecule has 1 amide bonds. The van der Waals surface area contributed by atoms with Crippen LogP contribution in [-0.2, 0) is 27.9 Å². The molecule has 2 aromatic heterocycles. The minimum absolute atomic E-state index is 0.0195. The summed E-state index contributed by atoms with van der Waals surface area (Å²) in [5, 5.41) is 4.92. The number of benzene rings is 1. The molecule has 1 fully saturated rings. The second-order valence-corrected chi connectivity index (χ2v) is 11.6. The summed E-state index contributed by atoms with van der Waals surface area (Å²) < 4.78 is 30.1. The van der Waals surface area contributed by atoms with E-state index in [1.807, 2.05) is 24.4 Å². The van der Waals surface area contributed by atoms with Crippen LogP contribution in [0.4, 0.5) is 0 Å². The van der Waals surface area contributed by atoms with E-state index in [9.17, 15) is 18.0 Å². The number of sulfonamides is 1. The Morgan fingerprint density at radius 1 is 1.23 bits per heavy atom. The Morgan fingerprint density at radius 3 is 2.68 bits per heavy atom. The Labute approximate surface area is 189 Å². The van der Waals surface area contributed by atoms with Gasteiger partial charge in [0.1, 0.15) is 0 Å². The van der Waals surface area contributed by atoms with Crippen molar-refractivity contribution in [1.29, 1.82) is 0 Å². The fourth-order valence-electron chi connectivity index (χ4n) is 3.88. The predicted molar refractivity (Wildman–Crippen MR) is 124 cm³/mol. The monoisotopic (exact) mass is 479 g/mol. The maximum Gasteiger partial charge on any atom is 0.308 e. The lowest BCUT2D eigenvalue weighted by Crippen LogP contribution is -2.42. The van der Waals surface area contributed by atoms with Gasteiger partial charge in [-0.1, -0.05) is 24.3 Å². The van der Waals surface area contributed by atoms with Crippen molar-refractivity contribution in [2.75, 3.05) is 13.1 Å². The molecule has 0 saturated carbocycles. The summed E-state index contributed by atoms with van der Waals surface area (Å²) >= 11 is 2.67. The van der Waals surface area contributed by atoms with Crippen molar-refractivity contribution in [1.82, 2.24) is 14.2 Å². The van der Waals surface area contributed by atoms with Crippen molar-refractivity contribution in [3.8, 4) is 0 Å². The predicted octanol–water partition coefficient (Wildman–Crippen LogP) is 3.25. The number of aryl methyl sites for hydroxylation is 1. The number of carbonyl (C=O) groups is 1. The molecule has 3 aromatic rings. The molecule has 1 saturated heterocycles. The lowest BCUT2D eigenvalue weighted by molar-refractivity contribution is -0.126. The van der Waals surface area contributed by atoms with Gasteiger partial charge in [-0.2, -0.15) is 4.31 Å². The number of thiazole rings is 1. The van der Waals surface area contributed by atoms with Gasteiger partial charge in [0.05, 0.1) is 21.7 Å². The van der Waals surface area contributed by atoms with Gasteiger partial charge in [0.2, 0.25) is 15.9 Å². The molecule has 1 aliphatic rings. The molecule has 7 nitrogen and oxygen atoms in total. The summed E-state index contributed by atoms with van der Waals surface area (Å²) in [5.74, 6) is -0.198. The van der Waals surface area contributed by atoms with Gasteiger partial charge >= 0.3 is 4.87 Å². The zero-order chi connectivity index (χ0) is 22.0. The Hall–Kier alpha value is -2.01. The molecule has 1 N–H and O–H groups in total. The highest BCUT2D eigenvalue weighted by Crippen LogP contribution is 2.27. The number of thiophene rings is 1. The van der Waals surface area contributed by atoms with Crippen LogP contribution in [0.25, 0.3) is 10.2 Å². The van der Waals surface area contributed by atoms with E-state index in [1.165, 1.54) is 4.31 Å². The smallest absolute Gasteiger partial charge is 0.308 e. The van der Waals surface area contributed by atoms with Crippen molar-refractivity contribution in [3.63, 3.8) is 0 Å². The molecule has 4 rings (SSSR count). The van der Waals surface area contributed by atoms with Gasteiger partial charge in [-0.25, -0.2) is 8.42 Å². The van der Waals surface area contributed by atoms with Crippen molar-refractivity contribution in [3.05, 3.63) is 50.3 Å². The molecule has 0 aliphatic carbocycles. The lowest BCUT2D eigenvalue weighted by atomic mass is 9.97. The molecule has 166 valence electrons. The van der Waals surface area contributed by atoms with E-state index in [0.717, 1.165) is 28.2 Å². The van der Waals surface area contributed by atoms with Crippen LogP contribution in [0.3, 0.4) is 0 Å². The van der Waals surface area contributed by atoms with Gasteiger partial charge in [-0.3, -0.25) is 14.2 Å². The first-order valence-electron chi connectivity index (χ1n) is 10.3. The third-order valence-electron chi connectivity index (χ3n) is 5.57. The van der Waals surface area contributed by atoms with Crippen molar-refractivity contribution in [2.45, 2.75) is 44.2 Å². The number of fused-ring (bicyclic) bond motifs is 1. The highest BCUT2D eigenvalue weighted by molar-refractivity contribution is 7.89. The lowest BCUT2D eigenvalue weighted by Gasteiger charge is -2.30. The minimum atomic E-state index is -3.67. The maximum atomic E-state index is 13.2. The molecule has 0 spiro atoms. The number of hydrogen-bond acceptors (Lipinski definition) is 6. The van der Waals surface area contributed by atoms with E-state index >= 15 is 0 Å². The van der Waals surface area contributed by atoms with Crippen LogP contribution < -0.4 is 10.2 Å². The molecule has 0 atom stereocenters. The molecule has 0 radical (unpaired) electrons. The summed E-state index contributed by atoms with van der Waals surface area (Å²) in [6.07, 6.45) is 1.83.